The average molecular weight is 382 g/mol. The van der Waals surface area contributed by atoms with Crippen LogP contribution < -0.4 is 5.32 Å². The van der Waals surface area contributed by atoms with Crippen LogP contribution in [0.2, 0.25) is 0 Å². The first kappa shape index (κ1) is 19.3. The molecule has 0 saturated carbocycles. The second kappa shape index (κ2) is 8.23. The average Bonchev–Trinajstić information content (AvgIpc) is 2.93. The first-order valence-corrected chi connectivity index (χ1v) is 7.86. The van der Waals surface area contributed by atoms with Crippen LogP contribution in [0.15, 0.2) is 10.5 Å². The normalized spacial score (nSPS) is 11.8. The van der Waals surface area contributed by atoms with Crippen LogP contribution in [0.1, 0.15) is 19.5 Å². The molecule has 1 amide bonds. The van der Waals surface area contributed by atoms with E-state index in [1.807, 2.05) is 0 Å². The van der Waals surface area contributed by atoms with Crippen molar-refractivity contribution in [1.82, 2.24) is 4.98 Å². The molecule has 8 nitrogen and oxygen atoms in total. The fourth-order valence-corrected chi connectivity index (χ4v) is 2.13. The van der Waals surface area contributed by atoms with E-state index in [0.717, 1.165) is 11.3 Å². The number of thiazole rings is 1. The molecule has 0 spiro atoms. The zero-order valence-corrected chi connectivity index (χ0v) is 14.7. The Balaban J connectivity index is 2.99. The van der Waals surface area contributed by atoms with Crippen molar-refractivity contribution in [3.63, 3.8) is 0 Å². The summed E-state index contributed by atoms with van der Waals surface area (Å²) in [4.78, 5) is 43.2. The third-order valence-corrected chi connectivity index (χ3v) is 3.52. The molecule has 23 heavy (non-hydrogen) atoms. The van der Waals surface area contributed by atoms with Crippen LogP contribution in [-0.4, -0.2) is 46.4 Å². The van der Waals surface area contributed by atoms with Crippen molar-refractivity contribution in [2.75, 3.05) is 18.3 Å². The molecule has 1 rings (SSSR count). The molecule has 0 radical (unpaired) electrons. The molecule has 11 heteroatoms. The van der Waals surface area contributed by atoms with E-state index < -0.39 is 22.7 Å². The fourth-order valence-electron chi connectivity index (χ4n) is 1.22. The molecule has 0 aliphatic carbocycles. The monoisotopic (exact) mass is 381 g/mol. The van der Waals surface area contributed by atoms with Crippen LogP contribution in [0.5, 0.6) is 0 Å². The lowest BCUT2D eigenvalue weighted by molar-refractivity contribution is -0.165. The van der Waals surface area contributed by atoms with Gasteiger partial charge in [-0.05, 0) is 25.4 Å². The summed E-state index contributed by atoms with van der Waals surface area (Å²) in [6.45, 7) is 2.82. The number of rotatable bonds is 7. The summed E-state index contributed by atoms with van der Waals surface area (Å²) in [5.41, 5.74) is -1.65. The first-order chi connectivity index (χ1) is 10.7. The summed E-state index contributed by atoms with van der Waals surface area (Å²) >= 11 is 11.9. The van der Waals surface area contributed by atoms with Gasteiger partial charge < -0.3 is 14.9 Å². The molecule has 1 heterocycles. The number of carbonyl (C=O) groups is 3. The molecule has 0 atom stereocenters. The van der Waals surface area contributed by atoms with Crippen LogP contribution in [0.3, 0.4) is 0 Å². The number of esters is 1. The van der Waals surface area contributed by atoms with Gasteiger partial charge in [-0.3, -0.25) is 9.59 Å². The van der Waals surface area contributed by atoms with Gasteiger partial charge in [-0.15, -0.1) is 22.9 Å². The number of aromatic nitrogens is 1. The Kier molecular flexibility index (Phi) is 6.92. The number of carbonyl (C=O) groups excluding carboxylic acids is 3. The number of nitrogens with zero attached hydrogens (tertiary/aromatic N) is 2. The maximum absolute atomic E-state index is 11.5. The topological polar surface area (TPSA) is 107 Å². The van der Waals surface area contributed by atoms with E-state index >= 15 is 0 Å². The molecule has 0 unspecified atom stereocenters. The van der Waals surface area contributed by atoms with Crippen LogP contribution in [-0.2, 0) is 24.0 Å². The number of halogens is 2. The van der Waals surface area contributed by atoms with Crippen molar-refractivity contribution in [3.8, 4) is 0 Å². The number of hydrogen-bond acceptors (Lipinski definition) is 8. The molecule has 0 bridgehead atoms. The first-order valence-electron chi connectivity index (χ1n) is 6.07. The number of ether oxygens (including phenoxy) is 1. The zero-order chi connectivity index (χ0) is 17.6. The van der Waals surface area contributed by atoms with Gasteiger partial charge >= 0.3 is 5.97 Å². The number of amides is 1. The predicted molar refractivity (Wildman–Crippen MR) is 86.0 cm³/mol. The number of methoxy groups -OCH3 is 1. The molecule has 0 aliphatic rings. The van der Waals surface area contributed by atoms with Crippen LogP contribution in [0.25, 0.3) is 0 Å². The lowest BCUT2D eigenvalue weighted by Crippen LogP contribution is -2.35. The highest BCUT2D eigenvalue weighted by atomic mass is 35.5. The van der Waals surface area contributed by atoms with Gasteiger partial charge in [0.15, 0.2) is 10.8 Å². The minimum Gasteiger partial charge on any atom is -0.466 e. The van der Waals surface area contributed by atoms with Crippen LogP contribution in [0.4, 0.5) is 5.13 Å². The second-order valence-corrected chi connectivity index (χ2v) is 6.00. The zero-order valence-electron chi connectivity index (χ0n) is 12.4. The van der Waals surface area contributed by atoms with E-state index in [0.29, 0.717) is 0 Å². The number of anilines is 1. The van der Waals surface area contributed by atoms with Gasteiger partial charge in [-0.1, -0.05) is 5.16 Å². The summed E-state index contributed by atoms with van der Waals surface area (Å²) < 4.78 is 4.55. The Morgan fingerprint density at radius 1 is 1.43 bits per heavy atom. The molecular weight excluding hydrogens is 369 g/mol. The Morgan fingerprint density at radius 3 is 2.61 bits per heavy atom. The fraction of sp³-hybridized carbons (Fsp3) is 0.417. The molecule has 1 aromatic heterocycles. The van der Waals surface area contributed by atoms with Gasteiger partial charge in [-0.2, -0.15) is 0 Å². The minimum atomic E-state index is -1.42. The maximum atomic E-state index is 11.5. The van der Waals surface area contributed by atoms with Gasteiger partial charge in [0.25, 0.3) is 5.24 Å². The molecule has 126 valence electrons. The maximum Gasteiger partial charge on any atom is 0.352 e. The van der Waals surface area contributed by atoms with Crippen molar-refractivity contribution in [3.05, 3.63) is 11.1 Å². The summed E-state index contributed by atoms with van der Waals surface area (Å²) in [5.74, 6) is -1.37. The second-order valence-electron chi connectivity index (χ2n) is 4.53. The van der Waals surface area contributed by atoms with Gasteiger partial charge in [0.1, 0.15) is 11.6 Å². The van der Waals surface area contributed by atoms with E-state index in [1.54, 1.807) is 0 Å². The van der Waals surface area contributed by atoms with Crippen molar-refractivity contribution in [1.29, 1.82) is 0 Å². The van der Waals surface area contributed by atoms with E-state index in [9.17, 15) is 14.4 Å². The number of oxime groups is 1. The van der Waals surface area contributed by atoms with Crippen molar-refractivity contribution in [2.45, 2.75) is 19.4 Å². The largest absolute Gasteiger partial charge is 0.466 e. The predicted octanol–water partition coefficient (Wildman–Crippen LogP) is 1.76. The van der Waals surface area contributed by atoms with Crippen molar-refractivity contribution < 1.29 is 24.0 Å². The number of hydrogen-bond donors (Lipinski definition) is 1. The Morgan fingerprint density at radius 2 is 2.09 bits per heavy atom. The van der Waals surface area contributed by atoms with Crippen molar-refractivity contribution in [2.24, 2.45) is 5.16 Å². The Hall–Kier alpha value is -1.71. The molecule has 0 saturated heterocycles. The summed E-state index contributed by atoms with van der Waals surface area (Å²) in [6, 6.07) is 0. The summed E-state index contributed by atoms with van der Waals surface area (Å²) in [5, 5.41) is 6.72. The third-order valence-electron chi connectivity index (χ3n) is 2.34. The Labute approximate surface area is 145 Å². The van der Waals surface area contributed by atoms with E-state index in [-0.39, 0.29) is 22.4 Å². The molecule has 0 fully saturated rings. The molecule has 0 aromatic carbocycles. The number of alkyl halides is 1. The van der Waals surface area contributed by atoms with Gasteiger partial charge in [0.05, 0.1) is 7.11 Å². The van der Waals surface area contributed by atoms with E-state index in [1.165, 1.54) is 26.3 Å². The van der Waals surface area contributed by atoms with Gasteiger partial charge in [0, 0.05) is 5.38 Å². The lowest BCUT2D eigenvalue weighted by Gasteiger charge is -2.18. The van der Waals surface area contributed by atoms with Crippen molar-refractivity contribution >= 4 is 62.5 Å². The van der Waals surface area contributed by atoms with Crippen LogP contribution >= 0.6 is 34.5 Å². The smallest absolute Gasteiger partial charge is 0.352 e. The summed E-state index contributed by atoms with van der Waals surface area (Å²) in [6.07, 6.45) is 0. The standard InChI is InChI=1S/C12H13Cl2N3O5S/c1-12(2,10(20)21-3)22-17-8(9(14)19)6-5-23-11(15-6)16-7(18)4-13/h5H,4H2,1-3H3,(H,15,16,18)/b17-8-. The van der Waals surface area contributed by atoms with Gasteiger partial charge in [-0.25, -0.2) is 9.78 Å². The molecular formula is C12H13Cl2N3O5S. The van der Waals surface area contributed by atoms with E-state index in [4.69, 9.17) is 28.0 Å². The molecule has 0 aliphatic heterocycles. The van der Waals surface area contributed by atoms with Crippen LogP contribution in [0, 0.1) is 0 Å². The third kappa shape index (κ3) is 5.45. The van der Waals surface area contributed by atoms with Gasteiger partial charge in [0.2, 0.25) is 11.5 Å². The number of nitrogens with one attached hydrogen (secondary N) is 1. The summed E-state index contributed by atoms with van der Waals surface area (Å²) in [7, 11) is 1.19. The highest BCUT2D eigenvalue weighted by Gasteiger charge is 2.32. The van der Waals surface area contributed by atoms with E-state index in [2.05, 4.69) is 20.2 Å². The molecule has 1 aromatic rings. The quantitative estimate of drug-likeness (QED) is 0.253. The SMILES string of the molecule is COC(=O)C(C)(C)O/N=C(\C(=O)Cl)c1csc(NC(=O)CCl)n1. The highest BCUT2D eigenvalue weighted by molar-refractivity contribution is 7.14. The Bertz CT molecular complexity index is 644. The minimum absolute atomic E-state index is 0.0838. The lowest BCUT2D eigenvalue weighted by atomic mass is 10.1. The molecule has 1 N–H and O–H groups in total. The highest BCUT2D eigenvalue weighted by Crippen LogP contribution is 2.19.